The Morgan fingerprint density at radius 1 is 1.28 bits per heavy atom. The largest absolute Gasteiger partial charge is 0.326 e. The fourth-order valence-electron chi connectivity index (χ4n) is 1.90. The van der Waals surface area contributed by atoms with E-state index in [2.05, 4.69) is 47.0 Å². The minimum absolute atomic E-state index is 0.662. The minimum Gasteiger partial charge on any atom is -0.326 e. The predicted octanol–water partition coefficient (Wildman–Crippen LogP) is 3.98. The molecule has 1 unspecified atom stereocenters. The molecule has 96 valence electrons. The van der Waals surface area contributed by atoms with Gasteiger partial charge in [0.1, 0.15) is 0 Å². The van der Waals surface area contributed by atoms with Crippen LogP contribution in [-0.4, -0.2) is 9.55 Å². The molecule has 1 atom stereocenters. The van der Waals surface area contributed by atoms with Gasteiger partial charge in [-0.15, -0.1) is 0 Å². The summed E-state index contributed by atoms with van der Waals surface area (Å²) < 4.78 is 2.20. The van der Waals surface area contributed by atoms with Gasteiger partial charge in [0.15, 0.2) is 0 Å². The molecule has 18 heavy (non-hydrogen) atoms. The zero-order valence-corrected chi connectivity index (χ0v) is 11.4. The van der Waals surface area contributed by atoms with Gasteiger partial charge in [-0.3, -0.25) is 0 Å². The predicted molar refractivity (Wildman–Crippen MR) is 76.1 cm³/mol. The van der Waals surface area contributed by atoms with E-state index in [0.717, 1.165) is 23.9 Å². The van der Waals surface area contributed by atoms with Crippen molar-refractivity contribution in [1.29, 1.82) is 0 Å². The molecule has 3 nitrogen and oxygen atoms in total. The summed E-state index contributed by atoms with van der Waals surface area (Å²) >= 11 is 0. The Morgan fingerprint density at radius 3 is 2.67 bits per heavy atom. The average molecular weight is 243 g/mol. The number of rotatable bonds is 5. The van der Waals surface area contributed by atoms with Crippen molar-refractivity contribution in [2.75, 3.05) is 5.32 Å². The Balaban J connectivity index is 2.17. The van der Waals surface area contributed by atoms with Gasteiger partial charge in [-0.25, -0.2) is 4.98 Å². The van der Waals surface area contributed by atoms with Crippen LogP contribution in [0.4, 0.5) is 11.6 Å². The zero-order chi connectivity index (χ0) is 13.0. The van der Waals surface area contributed by atoms with Crippen molar-refractivity contribution < 1.29 is 0 Å². The first-order chi connectivity index (χ1) is 8.69. The molecule has 3 heteroatoms. The lowest BCUT2D eigenvalue weighted by atomic mass is 10.1. The highest BCUT2D eigenvalue weighted by atomic mass is 15.2. The van der Waals surface area contributed by atoms with Gasteiger partial charge in [0.2, 0.25) is 5.95 Å². The normalized spacial score (nSPS) is 12.4. The molecular weight excluding hydrogens is 222 g/mol. The standard InChI is InChI=1S/C15H21N3/c1-4-12(2)10-18-11-13(3)16-15(18)17-14-8-6-5-7-9-14/h5-9,11-12H,4,10H2,1-3H3,(H,16,17). The molecule has 0 bridgehead atoms. The molecule has 0 saturated carbocycles. The second kappa shape index (κ2) is 5.71. The Labute approximate surface area is 109 Å². The molecule has 0 radical (unpaired) electrons. The molecule has 0 saturated heterocycles. The topological polar surface area (TPSA) is 29.9 Å². The fourth-order valence-corrected chi connectivity index (χ4v) is 1.90. The molecule has 0 aliphatic rings. The number of anilines is 2. The van der Waals surface area contributed by atoms with Crippen LogP contribution in [0.15, 0.2) is 36.5 Å². The Hall–Kier alpha value is -1.77. The maximum Gasteiger partial charge on any atom is 0.207 e. The van der Waals surface area contributed by atoms with Gasteiger partial charge in [-0.05, 0) is 25.0 Å². The van der Waals surface area contributed by atoms with Gasteiger partial charge in [0.25, 0.3) is 0 Å². The van der Waals surface area contributed by atoms with Crippen molar-refractivity contribution in [1.82, 2.24) is 9.55 Å². The van der Waals surface area contributed by atoms with Gasteiger partial charge in [-0.2, -0.15) is 0 Å². The second-order valence-electron chi connectivity index (χ2n) is 4.86. The van der Waals surface area contributed by atoms with Crippen molar-refractivity contribution in [3.63, 3.8) is 0 Å². The first-order valence-corrected chi connectivity index (χ1v) is 6.55. The molecule has 1 aromatic carbocycles. The van der Waals surface area contributed by atoms with Crippen molar-refractivity contribution >= 4 is 11.6 Å². The Bertz CT molecular complexity index is 488. The molecule has 1 N–H and O–H groups in total. The smallest absolute Gasteiger partial charge is 0.207 e. The quantitative estimate of drug-likeness (QED) is 0.860. The third kappa shape index (κ3) is 3.13. The lowest BCUT2D eigenvalue weighted by Crippen LogP contribution is -2.09. The van der Waals surface area contributed by atoms with E-state index in [0.29, 0.717) is 5.92 Å². The number of nitrogens with one attached hydrogen (secondary N) is 1. The molecule has 2 aromatic rings. The molecule has 0 aliphatic heterocycles. The van der Waals surface area contributed by atoms with Crippen LogP contribution in [0.3, 0.4) is 0 Å². The number of aryl methyl sites for hydroxylation is 1. The summed E-state index contributed by atoms with van der Waals surface area (Å²) in [5, 5.41) is 3.37. The average Bonchev–Trinajstić information content (AvgIpc) is 2.70. The van der Waals surface area contributed by atoms with Crippen LogP contribution < -0.4 is 5.32 Å². The molecular formula is C15H21N3. The van der Waals surface area contributed by atoms with Crippen LogP contribution in [0.2, 0.25) is 0 Å². The van der Waals surface area contributed by atoms with E-state index in [1.165, 1.54) is 6.42 Å². The molecule has 1 heterocycles. The van der Waals surface area contributed by atoms with Crippen LogP contribution in [0.5, 0.6) is 0 Å². The van der Waals surface area contributed by atoms with E-state index in [1.807, 2.05) is 25.1 Å². The van der Waals surface area contributed by atoms with Gasteiger partial charge >= 0.3 is 0 Å². The zero-order valence-electron chi connectivity index (χ0n) is 11.4. The van der Waals surface area contributed by atoms with Crippen LogP contribution in [0.25, 0.3) is 0 Å². The van der Waals surface area contributed by atoms with Gasteiger partial charge < -0.3 is 9.88 Å². The number of para-hydroxylation sites is 1. The van der Waals surface area contributed by atoms with E-state index in [-0.39, 0.29) is 0 Å². The summed E-state index contributed by atoms with van der Waals surface area (Å²) in [6.07, 6.45) is 3.29. The second-order valence-corrected chi connectivity index (χ2v) is 4.86. The van der Waals surface area contributed by atoms with E-state index in [9.17, 15) is 0 Å². The molecule has 0 fully saturated rings. The van der Waals surface area contributed by atoms with Crippen LogP contribution in [0.1, 0.15) is 26.0 Å². The van der Waals surface area contributed by atoms with E-state index >= 15 is 0 Å². The number of hydrogen-bond donors (Lipinski definition) is 1. The molecule has 0 aliphatic carbocycles. The summed E-state index contributed by atoms with van der Waals surface area (Å²) in [7, 11) is 0. The van der Waals surface area contributed by atoms with E-state index in [1.54, 1.807) is 0 Å². The number of aromatic nitrogens is 2. The SMILES string of the molecule is CCC(C)Cn1cc(C)nc1Nc1ccccc1. The highest BCUT2D eigenvalue weighted by Gasteiger charge is 2.08. The third-order valence-corrected chi connectivity index (χ3v) is 3.13. The number of hydrogen-bond acceptors (Lipinski definition) is 2. The number of imidazole rings is 1. The van der Waals surface area contributed by atoms with Gasteiger partial charge in [0, 0.05) is 18.4 Å². The van der Waals surface area contributed by atoms with E-state index < -0.39 is 0 Å². The maximum absolute atomic E-state index is 4.55. The highest BCUT2D eigenvalue weighted by Crippen LogP contribution is 2.18. The van der Waals surface area contributed by atoms with Gasteiger partial charge in [0.05, 0.1) is 5.69 Å². The minimum atomic E-state index is 0.662. The first kappa shape index (κ1) is 12.7. The summed E-state index contributed by atoms with van der Waals surface area (Å²) in [5.41, 5.74) is 2.13. The van der Waals surface area contributed by atoms with E-state index in [4.69, 9.17) is 0 Å². The van der Waals surface area contributed by atoms with Crippen molar-refractivity contribution in [3.8, 4) is 0 Å². The lowest BCUT2D eigenvalue weighted by molar-refractivity contribution is 0.472. The summed E-state index contributed by atoms with van der Waals surface area (Å²) in [5.74, 6) is 1.59. The highest BCUT2D eigenvalue weighted by molar-refractivity contribution is 5.53. The molecule has 2 rings (SSSR count). The summed E-state index contributed by atoms with van der Waals surface area (Å²) in [6, 6.07) is 10.2. The Kier molecular flexibility index (Phi) is 4.03. The van der Waals surface area contributed by atoms with Crippen LogP contribution in [-0.2, 0) is 6.54 Å². The van der Waals surface area contributed by atoms with Crippen molar-refractivity contribution in [2.24, 2.45) is 5.92 Å². The lowest BCUT2D eigenvalue weighted by Gasteiger charge is -2.13. The molecule has 0 amide bonds. The summed E-state index contributed by atoms with van der Waals surface area (Å²) in [6.45, 7) is 7.52. The monoisotopic (exact) mass is 243 g/mol. The van der Waals surface area contributed by atoms with Crippen LogP contribution >= 0.6 is 0 Å². The first-order valence-electron chi connectivity index (χ1n) is 6.55. The fraction of sp³-hybridized carbons (Fsp3) is 0.400. The molecule has 1 aromatic heterocycles. The van der Waals surface area contributed by atoms with Crippen LogP contribution in [0, 0.1) is 12.8 Å². The maximum atomic E-state index is 4.55. The molecule has 0 spiro atoms. The van der Waals surface area contributed by atoms with Crippen molar-refractivity contribution in [2.45, 2.75) is 33.7 Å². The number of nitrogens with zero attached hydrogens (tertiary/aromatic N) is 2. The Morgan fingerprint density at radius 2 is 2.00 bits per heavy atom. The van der Waals surface area contributed by atoms with Gasteiger partial charge in [-0.1, -0.05) is 38.5 Å². The van der Waals surface area contributed by atoms with Crippen molar-refractivity contribution in [3.05, 3.63) is 42.2 Å². The number of benzene rings is 1. The summed E-state index contributed by atoms with van der Waals surface area (Å²) in [4.78, 5) is 4.55. The third-order valence-electron chi connectivity index (χ3n) is 3.13.